The molecule has 0 saturated carbocycles. The minimum absolute atomic E-state index is 0.0547. The number of amides is 2. The van der Waals surface area contributed by atoms with E-state index < -0.39 is 0 Å². The fourth-order valence-electron chi connectivity index (χ4n) is 2.68. The Hall–Kier alpha value is -1.82. The lowest BCUT2D eigenvalue weighted by Gasteiger charge is -2.28. The molecule has 1 aromatic carbocycles. The van der Waals surface area contributed by atoms with E-state index in [2.05, 4.69) is 5.10 Å². The minimum Gasteiger partial charge on any atom is -0.337 e. The van der Waals surface area contributed by atoms with Crippen LogP contribution in [0.3, 0.4) is 0 Å². The molecule has 22 heavy (non-hydrogen) atoms. The van der Waals surface area contributed by atoms with Crippen molar-refractivity contribution in [1.82, 2.24) is 4.90 Å². The van der Waals surface area contributed by atoms with E-state index in [1.165, 1.54) is 5.01 Å². The van der Waals surface area contributed by atoms with Gasteiger partial charge in [-0.3, -0.25) is 9.59 Å². The SMILES string of the molecule is CN(C(=O)C1=NN(c2ccccc2)C(=O)CC1)C1CCSC1. The second-order valence-electron chi connectivity index (χ2n) is 5.52. The van der Waals surface area contributed by atoms with Crippen molar-refractivity contribution in [3.8, 4) is 0 Å². The van der Waals surface area contributed by atoms with Crippen LogP contribution in [0.4, 0.5) is 5.69 Å². The van der Waals surface area contributed by atoms with Crippen molar-refractivity contribution in [3.63, 3.8) is 0 Å². The summed E-state index contributed by atoms with van der Waals surface area (Å²) in [5, 5.41) is 5.68. The maximum Gasteiger partial charge on any atom is 0.270 e. The molecule has 2 amide bonds. The molecule has 2 heterocycles. The Labute approximate surface area is 134 Å². The fraction of sp³-hybridized carbons (Fsp3) is 0.438. The van der Waals surface area contributed by atoms with E-state index in [1.54, 1.807) is 4.90 Å². The molecule has 3 rings (SSSR count). The predicted molar refractivity (Wildman–Crippen MR) is 89.1 cm³/mol. The van der Waals surface area contributed by atoms with Crippen molar-refractivity contribution in [2.45, 2.75) is 25.3 Å². The summed E-state index contributed by atoms with van der Waals surface area (Å²) in [5.74, 6) is 1.96. The number of para-hydroxylation sites is 1. The average Bonchev–Trinajstić information content (AvgIpc) is 3.09. The van der Waals surface area contributed by atoms with Crippen LogP contribution in [0.15, 0.2) is 35.4 Å². The van der Waals surface area contributed by atoms with Crippen LogP contribution in [-0.2, 0) is 9.59 Å². The third kappa shape index (κ3) is 3.02. The van der Waals surface area contributed by atoms with Gasteiger partial charge in [-0.1, -0.05) is 18.2 Å². The number of rotatable bonds is 3. The summed E-state index contributed by atoms with van der Waals surface area (Å²) in [6.45, 7) is 0. The Kier molecular flexibility index (Phi) is 4.47. The Morgan fingerprint density at radius 1 is 1.32 bits per heavy atom. The molecule has 0 aliphatic carbocycles. The summed E-state index contributed by atoms with van der Waals surface area (Å²) in [4.78, 5) is 26.5. The van der Waals surface area contributed by atoms with Crippen LogP contribution in [0.5, 0.6) is 0 Å². The molecule has 1 saturated heterocycles. The molecule has 6 heteroatoms. The molecular weight excluding hydrogens is 298 g/mol. The van der Waals surface area contributed by atoms with Crippen LogP contribution >= 0.6 is 11.8 Å². The molecule has 0 spiro atoms. The van der Waals surface area contributed by atoms with E-state index in [0.717, 1.165) is 17.9 Å². The number of carbonyl (C=O) groups excluding carboxylic acids is 2. The molecule has 0 aromatic heterocycles. The van der Waals surface area contributed by atoms with Gasteiger partial charge in [0.2, 0.25) is 5.91 Å². The highest BCUT2D eigenvalue weighted by molar-refractivity contribution is 7.99. The largest absolute Gasteiger partial charge is 0.337 e. The number of nitrogens with zero attached hydrogens (tertiary/aromatic N) is 3. The summed E-state index contributed by atoms with van der Waals surface area (Å²) >= 11 is 1.87. The molecule has 1 fully saturated rings. The van der Waals surface area contributed by atoms with E-state index in [0.29, 0.717) is 24.2 Å². The number of hydrogen-bond acceptors (Lipinski definition) is 4. The lowest BCUT2D eigenvalue weighted by Crippen LogP contribution is -2.44. The van der Waals surface area contributed by atoms with Crippen LogP contribution in [0, 0.1) is 0 Å². The van der Waals surface area contributed by atoms with Gasteiger partial charge in [0.05, 0.1) is 5.69 Å². The predicted octanol–water partition coefficient (Wildman–Crippen LogP) is 2.13. The van der Waals surface area contributed by atoms with E-state index >= 15 is 0 Å². The van der Waals surface area contributed by atoms with Crippen molar-refractivity contribution in [1.29, 1.82) is 0 Å². The first-order chi connectivity index (χ1) is 10.7. The van der Waals surface area contributed by atoms with Crippen LogP contribution in [0.2, 0.25) is 0 Å². The standard InChI is InChI=1S/C16H19N3O2S/c1-18(13-9-10-22-11-13)16(21)14-7-8-15(20)19(17-14)12-5-3-2-4-6-12/h2-6,13H,7-11H2,1H3. The van der Waals surface area contributed by atoms with Gasteiger partial charge in [0, 0.05) is 31.7 Å². The second kappa shape index (κ2) is 6.52. The monoisotopic (exact) mass is 317 g/mol. The van der Waals surface area contributed by atoms with Gasteiger partial charge < -0.3 is 4.90 Å². The van der Waals surface area contributed by atoms with Gasteiger partial charge in [-0.05, 0) is 24.3 Å². The smallest absolute Gasteiger partial charge is 0.270 e. The van der Waals surface area contributed by atoms with Crippen LogP contribution in [0.25, 0.3) is 0 Å². The highest BCUT2D eigenvalue weighted by Gasteiger charge is 2.30. The molecule has 1 atom stereocenters. The number of hydrogen-bond donors (Lipinski definition) is 0. The normalized spacial score (nSPS) is 21.7. The quantitative estimate of drug-likeness (QED) is 0.858. The van der Waals surface area contributed by atoms with E-state index in [-0.39, 0.29) is 17.9 Å². The van der Waals surface area contributed by atoms with E-state index in [4.69, 9.17) is 0 Å². The summed E-state index contributed by atoms with van der Waals surface area (Å²) in [7, 11) is 1.84. The first kappa shape index (κ1) is 15.1. The van der Waals surface area contributed by atoms with Gasteiger partial charge >= 0.3 is 0 Å². The zero-order valence-corrected chi connectivity index (χ0v) is 13.4. The highest BCUT2D eigenvalue weighted by Crippen LogP contribution is 2.24. The third-order valence-electron chi connectivity index (χ3n) is 4.05. The second-order valence-corrected chi connectivity index (χ2v) is 6.67. The van der Waals surface area contributed by atoms with Gasteiger partial charge in [-0.25, -0.2) is 5.01 Å². The first-order valence-corrected chi connectivity index (χ1v) is 8.62. The molecule has 0 N–H and O–H groups in total. The van der Waals surface area contributed by atoms with Gasteiger partial charge in [0.1, 0.15) is 5.71 Å². The molecular formula is C16H19N3O2S. The van der Waals surface area contributed by atoms with Crippen molar-refractivity contribution in [2.75, 3.05) is 23.6 Å². The van der Waals surface area contributed by atoms with Crippen molar-refractivity contribution in [2.24, 2.45) is 5.10 Å². The van der Waals surface area contributed by atoms with Crippen molar-refractivity contribution in [3.05, 3.63) is 30.3 Å². The summed E-state index contributed by atoms with van der Waals surface area (Å²) in [5.41, 5.74) is 1.18. The summed E-state index contributed by atoms with van der Waals surface area (Å²) < 4.78 is 0. The van der Waals surface area contributed by atoms with Crippen molar-refractivity contribution < 1.29 is 9.59 Å². The fourth-order valence-corrected chi connectivity index (χ4v) is 3.94. The maximum atomic E-state index is 12.6. The van der Waals surface area contributed by atoms with Crippen LogP contribution in [0.1, 0.15) is 19.3 Å². The average molecular weight is 317 g/mol. The first-order valence-electron chi connectivity index (χ1n) is 7.47. The Bertz CT molecular complexity index is 597. The number of anilines is 1. The molecule has 116 valence electrons. The molecule has 1 aromatic rings. The molecule has 1 unspecified atom stereocenters. The highest BCUT2D eigenvalue weighted by atomic mass is 32.2. The topological polar surface area (TPSA) is 53.0 Å². The van der Waals surface area contributed by atoms with Gasteiger partial charge in [-0.2, -0.15) is 16.9 Å². The van der Waals surface area contributed by atoms with Gasteiger partial charge in [0.25, 0.3) is 5.91 Å². The van der Waals surface area contributed by atoms with Crippen LogP contribution < -0.4 is 5.01 Å². The third-order valence-corrected chi connectivity index (χ3v) is 5.20. The molecule has 0 bridgehead atoms. The number of hydrazone groups is 1. The van der Waals surface area contributed by atoms with Crippen LogP contribution in [-0.4, -0.2) is 47.0 Å². The molecule has 2 aliphatic heterocycles. The van der Waals surface area contributed by atoms with Gasteiger partial charge in [-0.15, -0.1) is 0 Å². The Balaban J connectivity index is 1.80. The van der Waals surface area contributed by atoms with E-state index in [1.807, 2.05) is 49.1 Å². The summed E-state index contributed by atoms with van der Waals surface area (Å²) in [6.07, 6.45) is 1.78. The number of carbonyl (C=O) groups is 2. The minimum atomic E-state index is -0.0678. The lowest BCUT2D eigenvalue weighted by atomic mass is 10.1. The van der Waals surface area contributed by atoms with Gasteiger partial charge in [0.15, 0.2) is 0 Å². The number of benzene rings is 1. The Morgan fingerprint density at radius 3 is 2.77 bits per heavy atom. The Morgan fingerprint density at radius 2 is 2.09 bits per heavy atom. The molecule has 2 aliphatic rings. The van der Waals surface area contributed by atoms with Crippen molar-refractivity contribution >= 4 is 35.0 Å². The summed E-state index contributed by atoms with van der Waals surface area (Å²) in [6, 6.07) is 9.53. The number of thioether (sulfide) groups is 1. The zero-order chi connectivity index (χ0) is 15.5. The molecule has 5 nitrogen and oxygen atoms in total. The molecule has 0 radical (unpaired) electrons. The van der Waals surface area contributed by atoms with E-state index in [9.17, 15) is 9.59 Å². The zero-order valence-electron chi connectivity index (χ0n) is 12.6. The maximum absolute atomic E-state index is 12.6. The lowest BCUT2D eigenvalue weighted by molar-refractivity contribution is -0.124.